The van der Waals surface area contributed by atoms with Crippen molar-refractivity contribution in [2.75, 3.05) is 45.2 Å². The Bertz CT molecular complexity index is 446. The molecule has 1 unspecified atom stereocenters. The molecule has 24 heavy (non-hydrogen) atoms. The lowest BCUT2D eigenvalue weighted by atomic mass is 10.00. The second-order valence-corrected chi connectivity index (χ2v) is 7.10. The summed E-state index contributed by atoms with van der Waals surface area (Å²) in [5.41, 5.74) is 0.129. The third-order valence-corrected chi connectivity index (χ3v) is 4.12. The summed E-state index contributed by atoms with van der Waals surface area (Å²) in [6, 6.07) is 0. The van der Waals surface area contributed by atoms with Crippen molar-refractivity contribution in [3.05, 3.63) is 11.8 Å². The summed E-state index contributed by atoms with van der Waals surface area (Å²) in [4.78, 5) is 27.4. The minimum absolute atomic E-state index is 0.129. The van der Waals surface area contributed by atoms with Crippen LogP contribution >= 0.6 is 11.6 Å². The van der Waals surface area contributed by atoms with Crippen molar-refractivity contribution in [1.29, 1.82) is 0 Å². The number of rotatable bonds is 9. The normalized spacial score (nSPS) is 17.9. The van der Waals surface area contributed by atoms with Crippen molar-refractivity contribution in [3.8, 4) is 0 Å². The number of ether oxygens (including phenoxy) is 1. The number of halogens is 1. The Hall–Kier alpha value is -1.27. The minimum Gasteiger partial charge on any atom is -0.478 e. The number of hydrogen-bond donors (Lipinski definition) is 1. The molecule has 0 aromatic heterocycles. The van der Waals surface area contributed by atoms with E-state index < -0.39 is 11.9 Å². The summed E-state index contributed by atoms with van der Waals surface area (Å²) in [6.45, 7) is 10.0. The predicted octanol–water partition coefficient (Wildman–Crippen LogP) is 2.04. The molecule has 1 heterocycles. The van der Waals surface area contributed by atoms with Gasteiger partial charge in [0.05, 0.1) is 12.7 Å². The van der Waals surface area contributed by atoms with Crippen LogP contribution in [0.2, 0.25) is 0 Å². The molecule has 0 amide bonds. The van der Waals surface area contributed by atoms with E-state index >= 15 is 0 Å². The van der Waals surface area contributed by atoms with E-state index in [2.05, 4.69) is 18.7 Å². The molecule has 138 valence electrons. The molecule has 0 saturated carbocycles. The van der Waals surface area contributed by atoms with E-state index in [1.54, 1.807) is 4.90 Å². The third kappa shape index (κ3) is 7.53. The van der Waals surface area contributed by atoms with Crippen molar-refractivity contribution >= 4 is 23.5 Å². The van der Waals surface area contributed by atoms with Crippen molar-refractivity contribution in [2.24, 2.45) is 11.8 Å². The first-order valence-corrected chi connectivity index (χ1v) is 9.02. The number of nitrogens with zero attached hydrogens (tertiary/aromatic N) is 2. The summed E-state index contributed by atoms with van der Waals surface area (Å²) in [5, 5.41) is 9.06. The fraction of sp³-hybridized carbons (Fsp3) is 0.765. The molecule has 1 N–H and O–H groups in total. The maximum atomic E-state index is 12.3. The highest BCUT2D eigenvalue weighted by atomic mass is 35.5. The molecule has 0 aliphatic carbocycles. The van der Waals surface area contributed by atoms with Crippen LogP contribution in [0.15, 0.2) is 11.8 Å². The second kappa shape index (κ2) is 10.6. The lowest BCUT2D eigenvalue weighted by molar-refractivity contribution is -0.143. The molecule has 6 nitrogen and oxygen atoms in total. The monoisotopic (exact) mass is 360 g/mol. The smallest absolute Gasteiger partial charge is 0.354 e. The van der Waals surface area contributed by atoms with Crippen LogP contribution in [0.25, 0.3) is 0 Å². The largest absolute Gasteiger partial charge is 0.478 e. The molecule has 0 spiro atoms. The molecule has 1 aliphatic rings. The summed E-state index contributed by atoms with van der Waals surface area (Å²) in [5.74, 6) is -0.351. The molecule has 1 fully saturated rings. The second-order valence-electron chi connectivity index (χ2n) is 6.72. The number of carbonyl (C=O) groups excluding carboxylic acids is 1. The van der Waals surface area contributed by atoms with E-state index in [9.17, 15) is 9.59 Å². The number of aliphatic carboxylic acids is 1. The first-order valence-electron chi connectivity index (χ1n) is 8.48. The van der Waals surface area contributed by atoms with E-state index in [1.165, 1.54) is 0 Å². The van der Waals surface area contributed by atoms with E-state index in [-0.39, 0.29) is 11.6 Å². The number of piperazine rings is 1. The lowest BCUT2D eigenvalue weighted by Crippen LogP contribution is -2.47. The molecular formula is C17H29ClN2O4. The number of carboxylic acid groups (broad SMARTS) is 1. The molecule has 0 aromatic rings. The zero-order valence-corrected chi connectivity index (χ0v) is 15.6. The molecule has 1 saturated heterocycles. The Kier molecular flexibility index (Phi) is 9.14. The van der Waals surface area contributed by atoms with Crippen LogP contribution in [0, 0.1) is 11.8 Å². The van der Waals surface area contributed by atoms with E-state index in [0.29, 0.717) is 31.5 Å². The fourth-order valence-corrected chi connectivity index (χ4v) is 3.13. The summed E-state index contributed by atoms with van der Waals surface area (Å²) in [6.07, 6.45) is 1.91. The van der Waals surface area contributed by atoms with Crippen LogP contribution in [0.3, 0.4) is 0 Å². The van der Waals surface area contributed by atoms with Gasteiger partial charge in [0.1, 0.15) is 5.70 Å². The van der Waals surface area contributed by atoms with Crippen LogP contribution in [-0.4, -0.2) is 72.1 Å². The van der Waals surface area contributed by atoms with E-state index in [1.807, 2.05) is 6.92 Å². The topological polar surface area (TPSA) is 70.1 Å². The van der Waals surface area contributed by atoms with Gasteiger partial charge in [-0.2, -0.15) is 0 Å². The van der Waals surface area contributed by atoms with Gasteiger partial charge in [0.15, 0.2) is 0 Å². The molecule has 0 aromatic carbocycles. The first-order chi connectivity index (χ1) is 11.3. The van der Waals surface area contributed by atoms with Crippen LogP contribution < -0.4 is 0 Å². The fourth-order valence-electron chi connectivity index (χ4n) is 2.89. The van der Waals surface area contributed by atoms with Crippen molar-refractivity contribution in [1.82, 2.24) is 9.80 Å². The van der Waals surface area contributed by atoms with Gasteiger partial charge in [-0.25, -0.2) is 9.59 Å². The van der Waals surface area contributed by atoms with Gasteiger partial charge < -0.3 is 14.7 Å². The van der Waals surface area contributed by atoms with Gasteiger partial charge in [-0.3, -0.25) is 4.90 Å². The molecule has 1 atom stereocenters. The van der Waals surface area contributed by atoms with E-state index in [0.717, 1.165) is 32.1 Å². The highest BCUT2D eigenvalue weighted by Gasteiger charge is 2.25. The highest BCUT2D eigenvalue weighted by Crippen LogP contribution is 2.15. The molecule has 0 radical (unpaired) electrons. The summed E-state index contributed by atoms with van der Waals surface area (Å²) >= 11 is 5.74. The zero-order chi connectivity index (χ0) is 18.1. The van der Waals surface area contributed by atoms with Crippen molar-refractivity contribution in [3.63, 3.8) is 0 Å². The maximum absolute atomic E-state index is 12.3. The number of hydrogen-bond acceptors (Lipinski definition) is 5. The van der Waals surface area contributed by atoms with Crippen LogP contribution in [-0.2, 0) is 14.3 Å². The quantitative estimate of drug-likeness (QED) is 0.385. The SMILES string of the molecule is CC(C)CC(C)COC(=O)/C(=C\C(=O)O)N1CCN(CCCl)CC1. The Morgan fingerprint density at radius 3 is 2.33 bits per heavy atom. The Balaban J connectivity index is 2.62. The van der Waals surface area contributed by atoms with Gasteiger partial charge in [0.25, 0.3) is 0 Å². The number of alkyl halides is 1. The predicted molar refractivity (Wildman–Crippen MR) is 94.0 cm³/mol. The van der Waals surface area contributed by atoms with Crippen LogP contribution in [0.1, 0.15) is 27.2 Å². The Morgan fingerprint density at radius 2 is 1.83 bits per heavy atom. The summed E-state index contributed by atoms with van der Waals surface area (Å²) in [7, 11) is 0. The lowest BCUT2D eigenvalue weighted by Gasteiger charge is -2.36. The standard InChI is InChI=1S/C17H29ClN2O4/c1-13(2)10-14(3)12-24-17(23)15(11-16(21)22)20-8-6-19(5-4-18)7-9-20/h11,13-14H,4-10,12H2,1-3H3,(H,21,22)/b15-11+. The third-order valence-electron chi connectivity index (χ3n) is 3.96. The molecule has 0 bridgehead atoms. The van der Waals surface area contributed by atoms with Gasteiger partial charge in [-0.15, -0.1) is 11.6 Å². The van der Waals surface area contributed by atoms with Gasteiger partial charge in [0.2, 0.25) is 0 Å². The zero-order valence-electron chi connectivity index (χ0n) is 14.8. The number of carbonyl (C=O) groups is 2. The molecule has 1 rings (SSSR count). The van der Waals surface area contributed by atoms with Crippen molar-refractivity contribution < 1.29 is 19.4 Å². The van der Waals surface area contributed by atoms with E-state index in [4.69, 9.17) is 21.4 Å². The minimum atomic E-state index is -1.14. The van der Waals surface area contributed by atoms with Crippen LogP contribution in [0.4, 0.5) is 0 Å². The molecule has 1 aliphatic heterocycles. The maximum Gasteiger partial charge on any atom is 0.354 e. The van der Waals surface area contributed by atoms with Gasteiger partial charge in [-0.05, 0) is 18.3 Å². The average Bonchev–Trinajstić information content (AvgIpc) is 2.51. The van der Waals surface area contributed by atoms with Gasteiger partial charge in [-0.1, -0.05) is 20.8 Å². The Labute approximate surface area is 149 Å². The molecular weight excluding hydrogens is 332 g/mol. The van der Waals surface area contributed by atoms with Crippen LogP contribution in [0.5, 0.6) is 0 Å². The average molecular weight is 361 g/mol. The summed E-state index contributed by atoms with van der Waals surface area (Å²) < 4.78 is 5.35. The first kappa shape index (κ1) is 20.8. The van der Waals surface area contributed by atoms with Gasteiger partial charge in [0, 0.05) is 38.6 Å². The number of carboxylic acids is 1. The molecule has 7 heteroatoms. The highest BCUT2D eigenvalue weighted by molar-refractivity contribution is 6.18. The van der Waals surface area contributed by atoms with Gasteiger partial charge >= 0.3 is 11.9 Å². The Morgan fingerprint density at radius 1 is 1.21 bits per heavy atom. The number of esters is 1. The van der Waals surface area contributed by atoms with Crippen molar-refractivity contribution in [2.45, 2.75) is 27.2 Å².